The number of hydrogen-bond donors (Lipinski definition) is 0. The standard InChI is InChI=1S/C21H23Cl2NO4/c1-14-11-16(7-8-18(14)22)27-13-17-12-24(9-10-26-17)21(25)15(2)28-20-6-4-3-5-19(20)23/h3-8,11,15,17H,9-10,12-13H2,1-2H3. The van der Waals surface area contributed by atoms with Gasteiger partial charge in [-0.3, -0.25) is 4.79 Å². The summed E-state index contributed by atoms with van der Waals surface area (Å²) in [6.07, 6.45) is -0.848. The Kier molecular flexibility index (Phi) is 7.05. The van der Waals surface area contributed by atoms with Gasteiger partial charge in [0.25, 0.3) is 5.91 Å². The van der Waals surface area contributed by atoms with Crippen molar-refractivity contribution in [1.82, 2.24) is 4.90 Å². The summed E-state index contributed by atoms with van der Waals surface area (Å²) in [5.41, 5.74) is 0.950. The second-order valence-corrected chi connectivity index (χ2v) is 7.50. The summed E-state index contributed by atoms with van der Waals surface area (Å²) in [7, 11) is 0. The molecule has 0 aliphatic carbocycles. The van der Waals surface area contributed by atoms with Crippen molar-refractivity contribution in [1.29, 1.82) is 0 Å². The van der Waals surface area contributed by atoms with Gasteiger partial charge in [-0.05, 0) is 49.7 Å². The fraction of sp³-hybridized carbons (Fsp3) is 0.381. The highest BCUT2D eigenvalue weighted by molar-refractivity contribution is 6.32. The average molecular weight is 424 g/mol. The number of halogens is 2. The number of nitrogens with zero attached hydrogens (tertiary/aromatic N) is 1. The van der Waals surface area contributed by atoms with E-state index in [0.29, 0.717) is 42.1 Å². The molecule has 7 heteroatoms. The molecule has 0 aromatic heterocycles. The van der Waals surface area contributed by atoms with E-state index in [4.69, 9.17) is 37.4 Å². The lowest BCUT2D eigenvalue weighted by molar-refractivity contribution is -0.146. The predicted molar refractivity (Wildman–Crippen MR) is 110 cm³/mol. The molecule has 5 nitrogen and oxygen atoms in total. The highest BCUT2D eigenvalue weighted by atomic mass is 35.5. The molecule has 3 rings (SSSR count). The zero-order chi connectivity index (χ0) is 20.1. The molecule has 2 atom stereocenters. The van der Waals surface area contributed by atoms with Crippen molar-refractivity contribution in [2.45, 2.75) is 26.1 Å². The Hall–Kier alpha value is -1.95. The van der Waals surface area contributed by atoms with Crippen LogP contribution in [0.15, 0.2) is 42.5 Å². The minimum atomic E-state index is -0.640. The molecular weight excluding hydrogens is 401 g/mol. The molecule has 1 aliphatic heterocycles. The Morgan fingerprint density at radius 1 is 1.25 bits per heavy atom. The second-order valence-electron chi connectivity index (χ2n) is 6.69. The van der Waals surface area contributed by atoms with Crippen LogP contribution in [0.25, 0.3) is 0 Å². The normalized spacial score (nSPS) is 17.9. The van der Waals surface area contributed by atoms with E-state index < -0.39 is 6.10 Å². The molecule has 1 aliphatic rings. The van der Waals surface area contributed by atoms with E-state index >= 15 is 0 Å². The van der Waals surface area contributed by atoms with Gasteiger partial charge in [0, 0.05) is 11.6 Å². The summed E-state index contributed by atoms with van der Waals surface area (Å²) in [4.78, 5) is 14.5. The van der Waals surface area contributed by atoms with Crippen LogP contribution >= 0.6 is 23.2 Å². The Bertz CT molecular complexity index is 830. The molecule has 2 aromatic rings. The van der Waals surface area contributed by atoms with Crippen molar-refractivity contribution in [2.24, 2.45) is 0 Å². The van der Waals surface area contributed by atoms with Crippen molar-refractivity contribution in [2.75, 3.05) is 26.3 Å². The van der Waals surface area contributed by atoms with Gasteiger partial charge in [0.1, 0.15) is 24.2 Å². The Morgan fingerprint density at radius 3 is 2.79 bits per heavy atom. The summed E-state index contributed by atoms with van der Waals surface area (Å²) in [5.74, 6) is 1.12. The third kappa shape index (κ3) is 5.31. The summed E-state index contributed by atoms with van der Waals surface area (Å²) in [6.45, 7) is 5.42. The van der Waals surface area contributed by atoms with Crippen LogP contribution in [0.2, 0.25) is 10.0 Å². The minimum absolute atomic E-state index is 0.101. The zero-order valence-electron chi connectivity index (χ0n) is 15.9. The maximum absolute atomic E-state index is 12.8. The first-order chi connectivity index (χ1) is 13.4. The quantitative estimate of drug-likeness (QED) is 0.691. The van der Waals surface area contributed by atoms with Gasteiger partial charge < -0.3 is 19.1 Å². The number of rotatable bonds is 6. The average Bonchev–Trinajstić information content (AvgIpc) is 2.70. The summed E-state index contributed by atoms with van der Waals surface area (Å²) in [6, 6.07) is 12.6. The van der Waals surface area contributed by atoms with Crippen LogP contribution in [-0.2, 0) is 9.53 Å². The van der Waals surface area contributed by atoms with Crippen molar-refractivity contribution in [3.05, 3.63) is 58.1 Å². The first-order valence-corrected chi connectivity index (χ1v) is 9.90. The summed E-state index contributed by atoms with van der Waals surface area (Å²) < 4.78 is 17.3. The maximum Gasteiger partial charge on any atom is 0.263 e. The van der Waals surface area contributed by atoms with Crippen molar-refractivity contribution in [3.8, 4) is 11.5 Å². The lowest BCUT2D eigenvalue weighted by atomic mass is 10.2. The number of aryl methyl sites for hydroxylation is 1. The summed E-state index contributed by atoms with van der Waals surface area (Å²) in [5, 5.41) is 1.18. The Labute approximate surface area is 175 Å². The molecular formula is C21H23Cl2NO4. The number of ether oxygens (including phenoxy) is 3. The fourth-order valence-corrected chi connectivity index (χ4v) is 3.25. The van der Waals surface area contributed by atoms with Gasteiger partial charge in [-0.15, -0.1) is 0 Å². The van der Waals surface area contributed by atoms with E-state index in [9.17, 15) is 4.79 Å². The van der Waals surface area contributed by atoms with Crippen molar-refractivity contribution >= 4 is 29.1 Å². The highest BCUT2D eigenvalue weighted by Crippen LogP contribution is 2.25. The van der Waals surface area contributed by atoms with Crippen molar-refractivity contribution < 1.29 is 19.0 Å². The molecule has 150 valence electrons. The van der Waals surface area contributed by atoms with E-state index in [0.717, 1.165) is 11.3 Å². The molecule has 0 spiro atoms. The number of amides is 1. The maximum atomic E-state index is 12.8. The van der Waals surface area contributed by atoms with E-state index in [1.807, 2.05) is 31.2 Å². The van der Waals surface area contributed by atoms with Gasteiger partial charge in [0.05, 0.1) is 18.2 Å². The van der Waals surface area contributed by atoms with Crippen LogP contribution in [0, 0.1) is 6.92 Å². The van der Waals surface area contributed by atoms with Crippen molar-refractivity contribution in [3.63, 3.8) is 0 Å². The first-order valence-electron chi connectivity index (χ1n) is 9.14. The molecule has 28 heavy (non-hydrogen) atoms. The highest BCUT2D eigenvalue weighted by Gasteiger charge is 2.29. The van der Waals surface area contributed by atoms with Gasteiger partial charge >= 0.3 is 0 Å². The van der Waals surface area contributed by atoms with Crippen LogP contribution in [0.4, 0.5) is 0 Å². The molecule has 0 radical (unpaired) electrons. The number of para-hydroxylation sites is 1. The SMILES string of the molecule is Cc1cc(OCC2CN(C(=O)C(C)Oc3ccccc3Cl)CCO2)ccc1Cl. The third-order valence-corrected chi connectivity index (χ3v) is 5.24. The largest absolute Gasteiger partial charge is 0.491 e. The monoisotopic (exact) mass is 423 g/mol. The van der Waals surface area contributed by atoms with Crippen LogP contribution < -0.4 is 9.47 Å². The fourth-order valence-electron chi connectivity index (χ4n) is 2.95. The first kappa shape index (κ1) is 20.8. The smallest absolute Gasteiger partial charge is 0.263 e. The Balaban J connectivity index is 1.54. The number of benzene rings is 2. The van der Waals surface area contributed by atoms with Gasteiger partial charge in [0.2, 0.25) is 0 Å². The predicted octanol–water partition coefficient (Wildman–Crippen LogP) is 4.38. The molecule has 2 unspecified atom stereocenters. The van der Waals surface area contributed by atoms with Crippen LogP contribution in [0.1, 0.15) is 12.5 Å². The lowest BCUT2D eigenvalue weighted by Crippen LogP contribution is -2.51. The van der Waals surface area contributed by atoms with Gasteiger partial charge in [-0.25, -0.2) is 0 Å². The number of hydrogen-bond acceptors (Lipinski definition) is 4. The molecule has 0 saturated carbocycles. The van der Waals surface area contributed by atoms with E-state index in [-0.39, 0.29) is 12.0 Å². The molecule has 2 aromatic carbocycles. The topological polar surface area (TPSA) is 48.0 Å². The van der Waals surface area contributed by atoms with Gasteiger partial charge in [0.15, 0.2) is 6.10 Å². The minimum Gasteiger partial charge on any atom is -0.491 e. The van der Waals surface area contributed by atoms with E-state index in [1.54, 1.807) is 30.0 Å². The Morgan fingerprint density at radius 2 is 2.04 bits per heavy atom. The molecule has 1 fully saturated rings. The second kappa shape index (κ2) is 9.50. The number of carbonyl (C=O) groups is 1. The van der Waals surface area contributed by atoms with Crippen LogP contribution in [-0.4, -0.2) is 49.3 Å². The molecule has 1 amide bonds. The third-order valence-electron chi connectivity index (χ3n) is 4.50. The van der Waals surface area contributed by atoms with Gasteiger partial charge in [-0.2, -0.15) is 0 Å². The van der Waals surface area contributed by atoms with Crippen LogP contribution in [0.3, 0.4) is 0 Å². The van der Waals surface area contributed by atoms with Gasteiger partial charge in [-0.1, -0.05) is 35.3 Å². The van der Waals surface area contributed by atoms with E-state index in [2.05, 4.69) is 0 Å². The van der Waals surface area contributed by atoms with E-state index in [1.165, 1.54) is 0 Å². The lowest BCUT2D eigenvalue weighted by Gasteiger charge is -2.34. The molecule has 1 heterocycles. The summed E-state index contributed by atoms with van der Waals surface area (Å²) >= 11 is 12.1. The molecule has 0 bridgehead atoms. The van der Waals surface area contributed by atoms with Crippen LogP contribution in [0.5, 0.6) is 11.5 Å². The zero-order valence-corrected chi connectivity index (χ0v) is 17.4. The molecule has 1 saturated heterocycles. The number of morpholine rings is 1. The molecule has 0 N–H and O–H groups in total. The number of carbonyl (C=O) groups excluding carboxylic acids is 1.